The maximum atomic E-state index is 11.4. The number of carbonyl (C=O) groups excluding carboxylic acids is 1. The zero-order chi connectivity index (χ0) is 17.6. The Balaban J connectivity index is 1.47. The van der Waals surface area contributed by atoms with Gasteiger partial charge in [0.15, 0.2) is 0 Å². The number of ether oxygens (including phenoxy) is 1. The first kappa shape index (κ1) is 18.2. The molecule has 3 rings (SSSR count). The van der Waals surface area contributed by atoms with Crippen LogP contribution in [0.4, 0.5) is 5.69 Å². The molecule has 1 amide bonds. The summed E-state index contributed by atoms with van der Waals surface area (Å²) in [6.45, 7) is 6.41. The Labute approximate surface area is 151 Å². The molecule has 1 saturated carbocycles. The highest BCUT2D eigenvalue weighted by molar-refractivity contribution is 5.73. The molecule has 0 radical (unpaired) electrons. The Morgan fingerprint density at radius 3 is 2.76 bits per heavy atom. The molecule has 1 heterocycles. The summed E-state index contributed by atoms with van der Waals surface area (Å²) < 4.78 is 6.15. The molecule has 25 heavy (non-hydrogen) atoms. The number of hydrogen-bond donors (Lipinski definition) is 1. The van der Waals surface area contributed by atoms with Crippen LogP contribution < -0.4 is 5.32 Å². The highest BCUT2D eigenvalue weighted by Crippen LogP contribution is 2.26. The highest BCUT2D eigenvalue weighted by Gasteiger charge is 2.21. The molecule has 0 bridgehead atoms. The van der Waals surface area contributed by atoms with Crippen molar-refractivity contribution in [2.45, 2.75) is 71.1 Å². The minimum atomic E-state index is 0.189. The van der Waals surface area contributed by atoms with Crippen LogP contribution >= 0.6 is 0 Å². The van der Waals surface area contributed by atoms with Crippen molar-refractivity contribution in [1.29, 1.82) is 0 Å². The zero-order valence-corrected chi connectivity index (χ0v) is 15.7. The van der Waals surface area contributed by atoms with Gasteiger partial charge in [-0.1, -0.05) is 31.9 Å². The molecule has 0 unspecified atom stereocenters. The first-order chi connectivity index (χ1) is 12.1. The van der Waals surface area contributed by atoms with Gasteiger partial charge in [0.2, 0.25) is 5.91 Å². The fraction of sp³-hybridized carbons (Fsp3) is 0.667. The van der Waals surface area contributed by atoms with Crippen LogP contribution in [0.3, 0.4) is 0 Å². The van der Waals surface area contributed by atoms with Gasteiger partial charge in [0.05, 0.1) is 12.7 Å². The van der Waals surface area contributed by atoms with Crippen molar-refractivity contribution in [3.05, 3.63) is 29.8 Å². The summed E-state index contributed by atoms with van der Waals surface area (Å²) in [6, 6.07) is 9.05. The van der Waals surface area contributed by atoms with Crippen molar-refractivity contribution in [2.24, 2.45) is 5.92 Å². The standard InChI is InChI=1S/C21H32N2O2/c1-16-5-3-8-21(13-16)25-15-18-6-4-7-20(14-18)22-19-9-11-23(12-10-19)17(2)24/h4,6-7,14,16,19,21-22H,3,5,8-13,15H2,1-2H3/t16-,21+/m0/s1. The van der Waals surface area contributed by atoms with Crippen molar-refractivity contribution >= 4 is 11.6 Å². The first-order valence-corrected chi connectivity index (χ1v) is 9.82. The van der Waals surface area contributed by atoms with Gasteiger partial charge < -0.3 is 15.0 Å². The second-order valence-electron chi connectivity index (χ2n) is 7.83. The average molecular weight is 344 g/mol. The largest absolute Gasteiger partial charge is 0.382 e. The van der Waals surface area contributed by atoms with Gasteiger partial charge in [-0.15, -0.1) is 0 Å². The van der Waals surface area contributed by atoms with E-state index < -0.39 is 0 Å². The lowest BCUT2D eigenvalue weighted by atomic mass is 9.89. The van der Waals surface area contributed by atoms with Crippen LogP contribution in [0.25, 0.3) is 0 Å². The second-order valence-corrected chi connectivity index (χ2v) is 7.83. The molecule has 1 aliphatic heterocycles. The average Bonchev–Trinajstić information content (AvgIpc) is 2.61. The third-order valence-corrected chi connectivity index (χ3v) is 5.61. The molecule has 1 N–H and O–H groups in total. The number of nitrogens with zero attached hydrogens (tertiary/aromatic N) is 1. The van der Waals surface area contributed by atoms with Gasteiger partial charge in [0, 0.05) is 31.7 Å². The van der Waals surface area contributed by atoms with E-state index in [2.05, 4.69) is 36.5 Å². The molecule has 0 aromatic heterocycles. The van der Waals surface area contributed by atoms with E-state index in [1.165, 1.54) is 36.9 Å². The summed E-state index contributed by atoms with van der Waals surface area (Å²) in [7, 11) is 0. The van der Waals surface area contributed by atoms with Crippen LogP contribution in [0.5, 0.6) is 0 Å². The van der Waals surface area contributed by atoms with Gasteiger partial charge >= 0.3 is 0 Å². The molecule has 4 heteroatoms. The smallest absolute Gasteiger partial charge is 0.219 e. The second kappa shape index (κ2) is 8.70. The Morgan fingerprint density at radius 2 is 2.04 bits per heavy atom. The van der Waals surface area contributed by atoms with Crippen LogP contribution in [0.15, 0.2) is 24.3 Å². The van der Waals surface area contributed by atoms with E-state index >= 15 is 0 Å². The molecular formula is C21H32N2O2. The van der Waals surface area contributed by atoms with Gasteiger partial charge in [-0.2, -0.15) is 0 Å². The van der Waals surface area contributed by atoms with E-state index in [1.807, 2.05) is 4.90 Å². The molecule has 1 aromatic carbocycles. The normalized spacial score (nSPS) is 25.0. The van der Waals surface area contributed by atoms with E-state index in [0.717, 1.165) is 31.8 Å². The monoisotopic (exact) mass is 344 g/mol. The molecular weight excluding hydrogens is 312 g/mol. The van der Waals surface area contributed by atoms with Crippen molar-refractivity contribution < 1.29 is 9.53 Å². The predicted molar refractivity (Wildman–Crippen MR) is 102 cm³/mol. The van der Waals surface area contributed by atoms with E-state index in [-0.39, 0.29) is 5.91 Å². The summed E-state index contributed by atoms with van der Waals surface area (Å²) in [4.78, 5) is 13.4. The van der Waals surface area contributed by atoms with Crippen molar-refractivity contribution in [3.8, 4) is 0 Å². The SMILES string of the molecule is CC(=O)N1CCC(Nc2cccc(CO[C@@H]3CCC[C@H](C)C3)c2)CC1. The number of piperidine rings is 1. The summed E-state index contributed by atoms with van der Waals surface area (Å²) in [5.41, 5.74) is 2.41. The first-order valence-electron chi connectivity index (χ1n) is 9.82. The van der Waals surface area contributed by atoms with Gasteiger partial charge in [-0.25, -0.2) is 0 Å². The topological polar surface area (TPSA) is 41.6 Å². The number of likely N-dealkylation sites (tertiary alicyclic amines) is 1. The highest BCUT2D eigenvalue weighted by atomic mass is 16.5. The Morgan fingerprint density at radius 1 is 1.24 bits per heavy atom. The van der Waals surface area contributed by atoms with Crippen LogP contribution in [0.2, 0.25) is 0 Å². The number of rotatable bonds is 5. The summed E-state index contributed by atoms with van der Waals surface area (Å²) in [5.74, 6) is 0.988. The number of hydrogen-bond acceptors (Lipinski definition) is 3. The van der Waals surface area contributed by atoms with Gasteiger partial charge in [0.25, 0.3) is 0 Å². The van der Waals surface area contributed by atoms with Crippen LogP contribution in [0.1, 0.15) is 57.9 Å². The van der Waals surface area contributed by atoms with Crippen LogP contribution in [-0.4, -0.2) is 36.0 Å². The van der Waals surface area contributed by atoms with E-state index in [9.17, 15) is 4.79 Å². The van der Waals surface area contributed by atoms with Crippen LogP contribution in [0, 0.1) is 5.92 Å². The number of anilines is 1. The lowest BCUT2D eigenvalue weighted by Gasteiger charge is -2.32. The summed E-state index contributed by atoms with van der Waals surface area (Å²) >= 11 is 0. The van der Waals surface area contributed by atoms with Gasteiger partial charge in [-0.05, 0) is 49.3 Å². The lowest BCUT2D eigenvalue weighted by Crippen LogP contribution is -2.41. The van der Waals surface area contributed by atoms with Crippen molar-refractivity contribution in [1.82, 2.24) is 4.90 Å². The molecule has 1 saturated heterocycles. The maximum absolute atomic E-state index is 11.4. The van der Waals surface area contributed by atoms with Crippen LogP contribution in [-0.2, 0) is 16.1 Å². The third-order valence-electron chi connectivity index (χ3n) is 5.61. The molecule has 1 aliphatic carbocycles. The molecule has 1 aromatic rings. The summed E-state index contributed by atoms with van der Waals surface area (Å²) in [6.07, 6.45) is 7.51. The number of carbonyl (C=O) groups is 1. The van der Waals surface area contributed by atoms with E-state index in [1.54, 1.807) is 6.92 Å². The van der Waals surface area contributed by atoms with Crippen molar-refractivity contribution in [2.75, 3.05) is 18.4 Å². The molecule has 138 valence electrons. The predicted octanol–water partition coefficient (Wildman–Crippen LogP) is 4.20. The van der Waals surface area contributed by atoms with Gasteiger partial charge in [0.1, 0.15) is 0 Å². The Hall–Kier alpha value is -1.55. The molecule has 2 aliphatic rings. The molecule has 4 nitrogen and oxygen atoms in total. The number of nitrogens with one attached hydrogen (secondary N) is 1. The van der Waals surface area contributed by atoms with Crippen molar-refractivity contribution in [3.63, 3.8) is 0 Å². The Kier molecular flexibility index (Phi) is 6.35. The minimum absolute atomic E-state index is 0.189. The summed E-state index contributed by atoms with van der Waals surface area (Å²) in [5, 5.41) is 3.63. The zero-order valence-electron chi connectivity index (χ0n) is 15.7. The lowest BCUT2D eigenvalue weighted by molar-refractivity contribution is -0.129. The Bertz CT molecular complexity index is 567. The number of benzene rings is 1. The molecule has 2 fully saturated rings. The number of amides is 1. The third kappa shape index (κ3) is 5.46. The maximum Gasteiger partial charge on any atom is 0.219 e. The van der Waals surface area contributed by atoms with E-state index in [4.69, 9.17) is 4.74 Å². The fourth-order valence-electron chi connectivity index (χ4n) is 4.07. The van der Waals surface area contributed by atoms with Gasteiger partial charge in [-0.3, -0.25) is 4.79 Å². The quantitative estimate of drug-likeness (QED) is 0.870. The fourth-order valence-corrected chi connectivity index (χ4v) is 4.07. The molecule has 0 spiro atoms. The van der Waals surface area contributed by atoms with E-state index in [0.29, 0.717) is 18.8 Å². The molecule has 2 atom stereocenters. The minimum Gasteiger partial charge on any atom is -0.382 e.